The number of nitrogens with zero attached hydrogens (tertiary/aromatic N) is 7. The molecule has 0 radical (unpaired) electrons. The van der Waals surface area contributed by atoms with E-state index in [4.69, 9.17) is 0 Å². The standard InChI is InChI=1S/C28H25N7O2/c29-15-21-4-3-6-23(14-21)35-26-7-2-1-5-22(26)17-33(28(35)36)16-20-8-11-32(12-9-20)27-24-10-13-34(37)18-25(24)30-19-31-27/h1-7,10,13-14,18-20H,8-9,11-12,16-17H2. The Morgan fingerprint density at radius 3 is 2.76 bits per heavy atom. The van der Waals surface area contributed by atoms with Crippen LogP contribution in [0, 0.1) is 22.5 Å². The van der Waals surface area contributed by atoms with Crippen molar-refractivity contribution in [3.05, 3.63) is 89.7 Å². The molecule has 0 bridgehead atoms. The molecule has 0 saturated carbocycles. The zero-order valence-electron chi connectivity index (χ0n) is 20.2. The fourth-order valence-corrected chi connectivity index (χ4v) is 5.35. The van der Waals surface area contributed by atoms with Gasteiger partial charge in [0.2, 0.25) is 6.20 Å². The van der Waals surface area contributed by atoms with Gasteiger partial charge in [0.25, 0.3) is 0 Å². The average Bonchev–Trinajstić information content (AvgIpc) is 2.93. The maximum Gasteiger partial charge on any atom is 0.329 e. The van der Waals surface area contributed by atoms with E-state index in [1.165, 1.54) is 18.7 Å². The van der Waals surface area contributed by atoms with E-state index in [9.17, 15) is 15.3 Å². The lowest BCUT2D eigenvalue weighted by atomic mass is 9.95. The minimum atomic E-state index is -0.0658. The van der Waals surface area contributed by atoms with Crippen LogP contribution in [0.15, 0.2) is 73.3 Å². The van der Waals surface area contributed by atoms with Crippen LogP contribution >= 0.6 is 0 Å². The molecule has 0 unspecified atom stereocenters. The maximum atomic E-state index is 13.7. The number of aromatic nitrogens is 3. The Bertz CT molecular complexity index is 1520. The smallest absolute Gasteiger partial charge is 0.329 e. The summed E-state index contributed by atoms with van der Waals surface area (Å²) in [6, 6.07) is 19.0. The van der Waals surface area contributed by atoms with Gasteiger partial charge in [-0.15, -0.1) is 0 Å². The van der Waals surface area contributed by atoms with Crippen LogP contribution in [0.5, 0.6) is 0 Å². The molecule has 2 aliphatic heterocycles. The summed E-state index contributed by atoms with van der Waals surface area (Å²) in [6.45, 7) is 2.86. The van der Waals surface area contributed by atoms with Crippen LogP contribution in [0.3, 0.4) is 0 Å². The zero-order chi connectivity index (χ0) is 25.4. The largest absolute Gasteiger partial charge is 0.619 e. The van der Waals surface area contributed by atoms with Crippen molar-refractivity contribution in [3.8, 4) is 6.07 Å². The van der Waals surface area contributed by atoms with Crippen molar-refractivity contribution in [3.63, 3.8) is 0 Å². The van der Waals surface area contributed by atoms with Gasteiger partial charge >= 0.3 is 6.03 Å². The van der Waals surface area contributed by atoms with Gasteiger partial charge in [-0.3, -0.25) is 4.90 Å². The highest BCUT2D eigenvalue weighted by Gasteiger charge is 2.33. The van der Waals surface area contributed by atoms with E-state index in [1.807, 2.05) is 35.2 Å². The summed E-state index contributed by atoms with van der Waals surface area (Å²) >= 11 is 0. The lowest BCUT2D eigenvalue weighted by molar-refractivity contribution is -0.604. The molecule has 9 heteroatoms. The number of hydrogen-bond acceptors (Lipinski definition) is 6. The molecule has 1 saturated heterocycles. The van der Waals surface area contributed by atoms with E-state index in [1.54, 1.807) is 23.1 Å². The van der Waals surface area contributed by atoms with Crippen molar-refractivity contribution in [2.45, 2.75) is 19.4 Å². The Kier molecular flexibility index (Phi) is 5.77. The normalized spacial score (nSPS) is 16.1. The van der Waals surface area contributed by atoms with E-state index in [2.05, 4.69) is 27.0 Å². The maximum absolute atomic E-state index is 13.7. The van der Waals surface area contributed by atoms with Gasteiger partial charge in [0.05, 0.1) is 28.4 Å². The van der Waals surface area contributed by atoms with Crippen molar-refractivity contribution in [2.24, 2.45) is 5.92 Å². The highest BCUT2D eigenvalue weighted by atomic mass is 16.5. The number of pyridine rings is 1. The minimum absolute atomic E-state index is 0.0658. The third-order valence-corrected chi connectivity index (χ3v) is 7.21. The van der Waals surface area contributed by atoms with Crippen LogP contribution in [0.25, 0.3) is 10.9 Å². The molecule has 1 fully saturated rings. The molecule has 9 nitrogen and oxygen atoms in total. The summed E-state index contributed by atoms with van der Waals surface area (Å²) in [6.07, 6.45) is 6.29. The molecule has 2 aliphatic rings. The van der Waals surface area contributed by atoms with Gasteiger partial charge in [0.1, 0.15) is 17.7 Å². The molecule has 184 valence electrons. The van der Waals surface area contributed by atoms with Gasteiger partial charge < -0.3 is 15.0 Å². The number of fused-ring (bicyclic) bond motifs is 2. The van der Waals surface area contributed by atoms with E-state index >= 15 is 0 Å². The molecule has 4 aromatic rings. The van der Waals surface area contributed by atoms with Crippen LogP contribution in [-0.2, 0) is 6.54 Å². The summed E-state index contributed by atoms with van der Waals surface area (Å²) in [5.41, 5.74) is 3.80. The lowest BCUT2D eigenvalue weighted by Crippen LogP contribution is -2.48. The first kappa shape index (κ1) is 22.7. The molecular formula is C28H25N7O2. The topological polar surface area (TPSA) is 103 Å². The second kappa shape index (κ2) is 9.39. The number of carbonyl (C=O) groups excluding carboxylic acids is 1. The summed E-state index contributed by atoms with van der Waals surface area (Å²) < 4.78 is 0.749. The lowest BCUT2D eigenvalue weighted by Gasteiger charge is -2.40. The molecule has 2 aromatic carbocycles. The van der Waals surface area contributed by atoms with E-state index in [-0.39, 0.29) is 6.03 Å². The van der Waals surface area contributed by atoms with Gasteiger partial charge in [0, 0.05) is 32.2 Å². The van der Waals surface area contributed by atoms with Crippen molar-refractivity contribution in [2.75, 3.05) is 29.4 Å². The van der Waals surface area contributed by atoms with Crippen molar-refractivity contribution < 1.29 is 9.52 Å². The van der Waals surface area contributed by atoms with Crippen LogP contribution in [0.1, 0.15) is 24.0 Å². The van der Waals surface area contributed by atoms with E-state index in [0.717, 1.165) is 53.1 Å². The number of rotatable bonds is 4. The number of amides is 2. The fraction of sp³-hybridized carbons (Fsp3) is 0.250. The van der Waals surface area contributed by atoms with Gasteiger partial charge in [0.15, 0.2) is 6.20 Å². The van der Waals surface area contributed by atoms with Crippen LogP contribution in [0.2, 0.25) is 0 Å². The number of anilines is 3. The molecule has 0 N–H and O–H groups in total. The number of carbonyl (C=O) groups is 1. The van der Waals surface area contributed by atoms with E-state index < -0.39 is 0 Å². The number of piperidine rings is 1. The molecular weight excluding hydrogens is 466 g/mol. The van der Waals surface area contributed by atoms with Gasteiger partial charge in [-0.1, -0.05) is 24.3 Å². The fourth-order valence-electron chi connectivity index (χ4n) is 5.35. The molecule has 6 rings (SSSR count). The van der Waals surface area contributed by atoms with Crippen LogP contribution < -0.4 is 14.5 Å². The third kappa shape index (κ3) is 4.27. The monoisotopic (exact) mass is 491 g/mol. The molecule has 2 aromatic heterocycles. The molecule has 0 atom stereocenters. The predicted molar refractivity (Wildman–Crippen MR) is 139 cm³/mol. The Hall–Kier alpha value is -4.71. The number of nitriles is 1. The average molecular weight is 492 g/mol. The highest BCUT2D eigenvalue weighted by molar-refractivity contribution is 6.02. The van der Waals surface area contributed by atoms with Crippen molar-refractivity contribution in [1.82, 2.24) is 14.9 Å². The summed E-state index contributed by atoms with van der Waals surface area (Å²) in [5.74, 6) is 1.20. The summed E-state index contributed by atoms with van der Waals surface area (Å²) in [7, 11) is 0. The first-order chi connectivity index (χ1) is 18.1. The van der Waals surface area contributed by atoms with Crippen LogP contribution in [-0.4, -0.2) is 40.5 Å². The quantitative estimate of drug-likeness (QED) is 0.314. The first-order valence-corrected chi connectivity index (χ1v) is 12.4. The molecule has 0 aliphatic carbocycles. The summed E-state index contributed by atoms with van der Waals surface area (Å²) in [5, 5.41) is 21.9. The number of hydrogen-bond donors (Lipinski definition) is 0. The SMILES string of the molecule is N#Cc1cccc(N2C(=O)N(CC3CCN(c4ncnc5c[n+]([O-])ccc45)CC3)Cc3ccccc32)c1. The Labute approximate surface area is 214 Å². The van der Waals surface area contributed by atoms with Crippen molar-refractivity contribution >= 4 is 34.1 Å². The highest BCUT2D eigenvalue weighted by Crippen LogP contribution is 2.36. The van der Waals surface area contributed by atoms with Gasteiger partial charge in [-0.05, 0) is 48.6 Å². The second-order valence-electron chi connectivity index (χ2n) is 9.52. The second-order valence-corrected chi connectivity index (χ2v) is 9.52. The van der Waals surface area contributed by atoms with Gasteiger partial charge in [-0.25, -0.2) is 14.8 Å². The molecule has 4 heterocycles. The van der Waals surface area contributed by atoms with Gasteiger partial charge in [-0.2, -0.15) is 9.99 Å². The third-order valence-electron chi connectivity index (χ3n) is 7.21. The zero-order valence-corrected chi connectivity index (χ0v) is 20.2. The Morgan fingerprint density at radius 1 is 1.08 bits per heavy atom. The molecule has 37 heavy (non-hydrogen) atoms. The van der Waals surface area contributed by atoms with Crippen LogP contribution in [0.4, 0.5) is 22.0 Å². The Morgan fingerprint density at radius 2 is 1.92 bits per heavy atom. The summed E-state index contributed by atoms with van der Waals surface area (Å²) in [4.78, 5) is 28.4. The number of benzene rings is 2. The molecule has 2 amide bonds. The Balaban J connectivity index is 1.20. The number of urea groups is 1. The number of para-hydroxylation sites is 1. The first-order valence-electron chi connectivity index (χ1n) is 12.4. The molecule has 0 spiro atoms. The minimum Gasteiger partial charge on any atom is -0.619 e. The van der Waals surface area contributed by atoms with E-state index in [0.29, 0.717) is 35.8 Å². The predicted octanol–water partition coefficient (Wildman–Crippen LogP) is 4.13. The van der Waals surface area contributed by atoms with Crippen molar-refractivity contribution in [1.29, 1.82) is 5.26 Å².